The number of hydrogen-bond donors (Lipinski definition) is 8. The first-order chi connectivity index (χ1) is 29.8. The van der Waals surface area contributed by atoms with Crippen LogP contribution in [0.15, 0.2) is 109 Å². The highest BCUT2D eigenvalue weighted by molar-refractivity contribution is 6.11. The Morgan fingerprint density at radius 3 is 1.69 bits per heavy atom. The number of nitrogens with one attached hydrogen (secondary N) is 5. The molecule has 0 spiro atoms. The van der Waals surface area contributed by atoms with Gasteiger partial charge >= 0.3 is 5.97 Å². The maximum atomic E-state index is 13.2. The van der Waals surface area contributed by atoms with Gasteiger partial charge in [0.05, 0.1) is 50.8 Å². The lowest BCUT2D eigenvalue weighted by Crippen LogP contribution is -2.43. The zero-order valence-corrected chi connectivity index (χ0v) is 33.1. The van der Waals surface area contributed by atoms with E-state index in [0.29, 0.717) is 5.69 Å². The molecule has 0 aliphatic heterocycles. The molecule has 0 aliphatic carbocycles. The zero-order chi connectivity index (χ0) is 44.9. The van der Waals surface area contributed by atoms with E-state index < -0.39 is 58.6 Å². The largest absolute Gasteiger partial charge is 0.504 e. The van der Waals surface area contributed by atoms with E-state index in [9.17, 15) is 49.3 Å². The van der Waals surface area contributed by atoms with Crippen LogP contribution in [0.2, 0.25) is 0 Å². The number of rotatable bonds is 16. The molecule has 0 aliphatic rings. The molecule has 5 rings (SSSR count). The van der Waals surface area contributed by atoms with Crippen LogP contribution in [-0.4, -0.2) is 78.2 Å². The summed E-state index contributed by atoms with van der Waals surface area (Å²) in [6.07, 6.45) is 1.21. The number of aromatic carboxylic acids is 1. The molecule has 0 radical (unpaired) electrons. The highest BCUT2D eigenvalue weighted by atomic mass is 16.5. The van der Waals surface area contributed by atoms with Gasteiger partial charge in [-0.3, -0.25) is 24.0 Å². The molecule has 0 saturated carbocycles. The van der Waals surface area contributed by atoms with Crippen LogP contribution in [0.4, 0.5) is 22.7 Å². The summed E-state index contributed by atoms with van der Waals surface area (Å²) in [5.74, 6) is -6.78. The molecule has 0 saturated heterocycles. The van der Waals surface area contributed by atoms with E-state index in [1.165, 1.54) is 80.9 Å². The Morgan fingerprint density at radius 2 is 1.16 bits per heavy atom. The minimum atomic E-state index is -1.43. The van der Waals surface area contributed by atoms with Crippen molar-refractivity contribution in [2.45, 2.75) is 12.5 Å². The summed E-state index contributed by atoms with van der Waals surface area (Å²) in [6.45, 7) is 0. The number of aromatic hydroxyl groups is 2. The minimum Gasteiger partial charge on any atom is -0.504 e. The second-order valence-corrected chi connectivity index (χ2v) is 12.9. The molecule has 18 heteroatoms. The normalized spacial score (nSPS) is 11.2. The minimum absolute atomic E-state index is 0.0179. The van der Waals surface area contributed by atoms with Crippen LogP contribution in [0.1, 0.15) is 53.4 Å². The average Bonchev–Trinajstić information content (AvgIpc) is 3.26. The third-order valence-corrected chi connectivity index (χ3v) is 8.92. The molecule has 5 aromatic rings. The molecule has 18 nitrogen and oxygen atoms in total. The van der Waals surface area contributed by atoms with E-state index in [-0.39, 0.29) is 57.4 Å². The van der Waals surface area contributed by atoms with Crippen LogP contribution in [-0.2, 0) is 14.3 Å². The number of ether oxygens (including phenoxy) is 3. The Hall–Kier alpha value is -8.85. The monoisotopic (exact) mass is 842 g/mol. The van der Waals surface area contributed by atoms with Crippen molar-refractivity contribution in [1.29, 1.82) is 5.26 Å². The third-order valence-electron chi connectivity index (χ3n) is 8.92. The summed E-state index contributed by atoms with van der Waals surface area (Å²) in [5.41, 5.74) is 0.737. The second kappa shape index (κ2) is 20.2. The van der Waals surface area contributed by atoms with Gasteiger partial charge in [-0.05, 0) is 84.4 Å². The van der Waals surface area contributed by atoms with Crippen molar-refractivity contribution in [3.63, 3.8) is 0 Å². The average molecular weight is 843 g/mol. The van der Waals surface area contributed by atoms with E-state index in [0.717, 1.165) is 18.7 Å². The van der Waals surface area contributed by atoms with E-state index in [4.69, 9.17) is 14.2 Å². The summed E-state index contributed by atoms with van der Waals surface area (Å²) in [6, 6.07) is 25.9. The lowest BCUT2D eigenvalue weighted by molar-refractivity contribution is -0.118. The van der Waals surface area contributed by atoms with Gasteiger partial charge in [0.25, 0.3) is 23.6 Å². The number of anilines is 4. The number of carboxylic acids is 1. The van der Waals surface area contributed by atoms with E-state index in [1.54, 1.807) is 6.08 Å². The first-order valence-corrected chi connectivity index (χ1v) is 18.2. The van der Waals surface area contributed by atoms with Gasteiger partial charge in [0.2, 0.25) is 5.91 Å². The van der Waals surface area contributed by atoms with Crippen molar-refractivity contribution >= 4 is 64.3 Å². The number of carboxylic acid groups (broad SMARTS) is 1. The quantitative estimate of drug-likeness (QED) is 0.0445. The zero-order valence-electron chi connectivity index (χ0n) is 33.1. The Bertz CT molecular complexity index is 2590. The molecule has 0 bridgehead atoms. The molecular formula is C44H38N6O12. The Labute approximate surface area is 353 Å². The molecule has 0 fully saturated rings. The first-order valence-electron chi connectivity index (χ1n) is 18.2. The van der Waals surface area contributed by atoms with Crippen molar-refractivity contribution in [2.24, 2.45) is 0 Å². The summed E-state index contributed by atoms with van der Waals surface area (Å²) in [4.78, 5) is 76.7. The number of benzene rings is 5. The number of amides is 5. The fourth-order valence-corrected chi connectivity index (χ4v) is 5.78. The third kappa shape index (κ3) is 10.6. The van der Waals surface area contributed by atoms with Crippen molar-refractivity contribution < 1.29 is 58.3 Å². The first kappa shape index (κ1) is 44.3. The lowest BCUT2D eigenvalue weighted by Gasteiger charge is -2.17. The number of nitriles is 1. The van der Waals surface area contributed by atoms with Crippen molar-refractivity contribution in [3.05, 3.63) is 137 Å². The molecule has 8 N–H and O–H groups in total. The lowest BCUT2D eigenvalue weighted by atomic mass is 10.1. The molecule has 1 atom stereocenters. The predicted octanol–water partition coefficient (Wildman–Crippen LogP) is 5.59. The van der Waals surface area contributed by atoms with Crippen LogP contribution in [0, 0.1) is 11.3 Å². The maximum Gasteiger partial charge on any atom is 0.339 e. The number of phenols is 2. The van der Waals surface area contributed by atoms with Crippen LogP contribution < -0.4 is 36.1 Å². The Balaban J connectivity index is 1.19. The van der Waals surface area contributed by atoms with Crippen molar-refractivity contribution in [2.75, 3.05) is 42.6 Å². The van der Waals surface area contributed by atoms with Crippen LogP contribution >= 0.6 is 0 Å². The van der Waals surface area contributed by atoms with Crippen LogP contribution in [0.5, 0.6) is 23.0 Å². The molecule has 316 valence electrons. The standard InChI is InChI=1S/C44H38N6O12/c1-60-34(23-24-7-5-4-6-8-24)43(57)47-28-15-11-26(12-16-28)40(54)50-33(21-22-45)42(56)46-27-13-9-25(10-14-27)39(53)48-31-19-17-29(35(51)37(31)61-2)41(55)49-32-20-18-30(44(58)59)36(52)38(32)62-3/h4-20,23,33,51-52H,21H2,1-3H3,(H,46,56)(H,47,57)(H,48,53)(H,49,55)(H,50,54)(H,58,59). The number of phenolic OH excluding ortho intramolecular Hbond substituents is 1. The predicted molar refractivity (Wildman–Crippen MR) is 225 cm³/mol. The van der Waals surface area contributed by atoms with Gasteiger partial charge in [0.15, 0.2) is 28.8 Å². The van der Waals surface area contributed by atoms with Crippen LogP contribution in [0.3, 0.4) is 0 Å². The number of carbonyl (C=O) groups is 6. The SMILES string of the molecule is COC(=Cc1ccccc1)C(=O)Nc1ccc(C(=O)NC(CC#N)C(=O)Nc2ccc(C(=O)Nc3ccc(C(=O)Nc4ccc(C(=O)O)c(O)c4OC)c(O)c3OC)cc2)cc1. The Kier molecular flexibility index (Phi) is 14.4. The van der Waals surface area contributed by atoms with Crippen molar-refractivity contribution in [1.82, 2.24) is 5.32 Å². The molecule has 5 aromatic carbocycles. The smallest absolute Gasteiger partial charge is 0.339 e. The fourth-order valence-electron chi connectivity index (χ4n) is 5.78. The molecule has 1 unspecified atom stereocenters. The molecule has 5 amide bonds. The molecule has 0 heterocycles. The summed E-state index contributed by atoms with van der Waals surface area (Å²) >= 11 is 0. The summed E-state index contributed by atoms with van der Waals surface area (Å²) in [5, 5.41) is 52.7. The molecular weight excluding hydrogens is 805 g/mol. The van der Waals surface area contributed by atoms with Gasteiger partial charge in [-0.2, -0.15) is 5.26 Å². The highest BCUT2D eigenvalue weighted by Crippen LogP contribution is 2.40. The number of carbonyl (C=O) groups excluding carboxylic acids is 5. The van der Waals surface area contributed by atoms with Crippen LogP contribution in [0.25, 0.3) is 6.08 Å². The van der Waals surface area contributed by atoms with E-state index >= 15 is 0 Å². The van der Waals surface area contributed by atoms with E-state index in [2.05, 4.69) is 26.6 Å². The fraction of sp³-hybridized carbons (Fsp3) is 0.114. The van der Waals surface area contributed by atoms with Gasteiger partial charge in [0.1, 0.15) is 11.6 Å². The topological polar surface area (TPSA) is 275 Å². The van der Waals surface area contributed by atoms with Gasteiger partial charge in [-0.15, -0.1) is 0 Å². The van der Waals surface area contributed by atoms with Gasteiger partial charge in [0, 0.05) is 22.5 Å². The maximum absolute atomic E-state index is 13.2. The summed E-state index contributed by atoms with van der Waals surface area (Å²) in [7, 11) is 3.72. The van der Waals surface area contributed by atoms with E-state index in [1.807, 2.05) is 36.4 Å². The summed E-state index contributed by atoms with van der Waals surface area (Å²) < 4.78 is 15.6. The molecule has 62 heavy (non-hydrogen) atoms. The number of hydrogen-bond acceptors (Lipinski definition) is 12. The highest BCUT2D eigenvalue weighted by Gasteiger charge is 2.25. The van der Waals surface area contributed by atoms with Gasteiger partial charge in [-0.25, -0.2) is 4.79 Å². The van der Waals surface area contributed by atoms with Crippen molar-refractivity contribution in [3.8, 4) is 29.1 Å². The number of methoxy groups -OCH3 is 3. The second-order valence-electron chi connectivity index (χ2n) is 12.9. The Morgan fingerprint density at radius 1 is 0.645 bits per heavy atom. The van der Waals surface area contributed by atoms with Gasteiger partial charge < -0.3 is 56.1 Å². The number of nitrogens with zero attached hydrogens (tertiary/aromatic N) is 1. The van der Waals surface area contributed by atoms with Gasteiger partial charge in [-0.1, -0.05) is 30.3 Å². The molecule has 0 aromatic heterocycles.